The maximum atomic E-state index is 13.3. The molecule has 0 nitrogen and oxygen atoms in total. The Bertz CT molecular complexity index is 596. The molecule has 1 aliphatic rings. The van der Waals surface area contributed by atoms with Gasteiger partial charge in [-0.15, -0.1) is 0 Å². The fourth-order valence-corrected chi connectivity index (χ4v) is 3.61. The van der Waals surface area contributed by atoms with E-state index in [4.69, 9.17) is 0 Å². The SMILES string of the molecule is CCC1CCCC1c1ccc(-c2cc(F)cc(F)c2)cc1. The van der Waals surface area contributed by atoms with Crippen LogP contribution in [0.15, 0.2) is 42.5 Å². The number of hydrogen-bond donors (Lipinski definition) is 0. The van der Waals surface area contributed by atoms with Crippen molar-refractivity contribution in [3.05, 3.63) is 59.7 Å². The van der Waals surface area contributed by atoms with Gasteiger partial charge < -0.3 is 0 Å². The van der Waals surface area contributed by atoms with Gasteiger partial charge in [-0.3, -0.25) is 0 Å². The van der Waals surface area contributed by atoms with E-state index in [1.54, 1.807) is 0 Å². The summed E-state index contributed by atoms with van der Waals surface area (Å²) in [5.74, 6) is 0.364. The Morgan fingerprint density at radius 1 is 0.905 bits per heavy atom. The minimum absolute atomic E-state index is 0.532. The average molecular weight is 286 g/mol. The zero-order valence-corrected chi connectivity index (χ0v) is 12.3. The zero-order valence-electron chi connectivity index (χ0n) is 12.3. The summed E-state index contributed by atoms with van der Waals surface area (Å²) >= 11 is 0. The van der Waals surface area contributed by atoms with Gasteiger partial charge in [0.25, 0.3) is 0 Å². The predicted octanol–water partition coefficient (Wildman–Crippen LogP) is 5.93. The predicted molar refractivity (Wildman–Crippen MR) is 82.2 cm³/mol. The lowest BCUT2D eigenvalue weighted by atomic mass is 9.86. The van der Waals surface area contributed by atoms with Crippen molar-refractivity contribution in [2.45, 2.75) is 38.5 Å². The van der Waals surface area contributed by atoms with Gasteiger partial charge in [-0.25, -0.2) is 8.78 Å². The van der Waals surface area contributed by atoms with Crippen molar-refractivity contribution in [1.82, 2.24) is 0 Å². The lowest BCUT2D eigenvalue weighted by Gasteiger charge is -2.18. The van der Waals surface area contributed by atoms with Crippen molar-refractivity contribution in [2.24, 2.45) is 5.92 Å². The molecule has 0 saturated heterocycles. The van der Waals surface area contributed by atoms with Crippen LogP contribution in [0.1, 0.15) is 44.1 Å². The zero-order chi connectivity index (χ0) is 14.8. The van der Waals surface area contributed by atoms with Crippen LogP contribution in [0.25, 0.3) is 11.1 Å². The summed E-state index contributed by atoms with van der Waals surface area (Å²) in [6, 6.07) is 11.9. The molecule has 2 unspecified atom stereocenters. The fraction of sp³-hybridized carbons (Fsp3) is 0.368. The highest BCUT2D eigenvalue weighted by Gasteiger charge is 2.26. The van der Waals surface area contributed by atoms with Crippen molar-refractivity contribution in [3.63, 3.8) is 0 Å². The molecule has 0 bridgehead atoms. The van der Waals surface area contributed by atoms with Crippen LogP contribution in [-0.4, -0.2) is 0 Å². The van der Waals surface area contributed by atoms with Gasteiger partial charge in [0, 0.05) is 6.07 Å². The van der Waals surface area contributed by atoms with Gasteiger partial charge in [0.1, 0.15) is 11.6 Å². The first kappa shape index (κ1) is 14.2. The Morgan fingerprint density at radius 2 is 1.57 bits per heavy atom. The summed E-state index contributed by atoms with van der Waals surface area (Å²) in [7, 11) is 0. The second kappa shape index (κ2) is 5.97. The van der Waals surface area contributed by atoms with Crippen molar-refractivity contribution in [3.8, 4) is 11.1 Å². The second-order valence-corrected chi connectivity index (χ2v) is 5.99. The van der Waals surface area contributed by atoms with Crippen LogP contribution in [0.4, 0.5) is 8.78 Å². The van der Waals surface area contributed by atoms with Crippen LogP contribution in [0.2, 0.25) is 0 Å². The summed E-state index contributed by atoms with van der Waals surface area (Å²) in [6.45, 7) is 2.26. The number of hydrogen-bond acceptors (Lipinski definition) is 0. The fourth-order valence-electron chi connectivity index (χ4n) is 3.61. The highest BCUT2D eigenvalue weighted by molar-refractivity contribution is 5.64. The molecule has 1 aliphatic carbocycles. The molecular formula is C19H20F2. The Morgan fingerprint density at radius 3 is 2.19 bits per heavy atom. The molecule has 0 aromatic heterocycles. The van der Waals surface area contributed by atoms with E-state index in [1.165, 1.54) is 43.4 Å². The van der Waals surface area contributed by atoms with Crippen LogP contribution in [0, 0.1) is 17.6 Å². The normalized spacial score (nSPS) is 21.7. The topological polar surface area (TPSA) is 0 Å². The molecule has 0 N–H and O–H groups in total. The van der Waals surface area contributed by atoms with Crippen molar-refractivity contribution in [2.75, 3.05) is 0 Å². The van der Waals surface area contributed by atoms with Crippen LogP contribution < -0.4 is 0 Å². The third-order valence-corrected chi connectivity index (χ3v) is 4.72. The van der Waals surface area contributed by atoms with Crippen molar-refractivity contribution in [1.29, 1.82) is 0 Å². The molecule has 2 atom stereocenters. The van der Waals surface area contributed by atoms with Gasteiger partial charge in [0.05, 0.1) is 0 Å². The molecule has 0 aliphatic heterocycles. The van der Waals surface area contributed by atoms with Crippen molar-refractivity contribution < 1.29 is 8.78 Å². The lowest BCUT2D eigenvalue weighted by molar-refractivity contribution is 0.470. The first-order chi connectivity index (χ1) is 10.2. The minimum Gasteiger partial charge on any atom is -0.207 e. The maximum Gasteiger partial charge on any atom is 0.126 e. The molecule has 110 valence electrons. The van der Waals surface area contributed by atoms with E-state index in [9.17, 15) is 8.78 Å². The quantitative estimate of drug-likeness (QED) is 0.656. The lowest BCUT2D eigenvalue weighted by Crippen LogP contribution is -2.04. The molecule has 2 aromatic carbocycles. The van der Waals surface area contributed by atoms with E-state index in [-0.39, 0.29) is 0 Å². The first-order valence-electron chi connectivity index (χ1n) is 7.74. The Kier molecular flexibility index (Phi) is 4.05. The third kappa shape index (κ3) is 2.99. The van der Waals surface area contributed by atoms with E-state index >= 15 is 0 Å². The summed E-state index contributed by atoms with van der Waals surface area (Å²) in [4.78, 5) is 0. The first-order valence-corrected chi connectivity index (χ1v) is 7.74. The molecule has 1 saturated carbocycles. The molecule has 1 fully saturated rings. The number of halogens is 2. The summed E-state index contributed by atoms with van der Waals surface area (Å²) in [6.07, 6.45) is 5.10. The van der Waals surface area contributed by atoms with E-state index in [2.05, 4.69) is 19.1 Å². The highest BCUT2D eigenvalue weighted by Crippen LogP contribution is 2.41. The summed E-state index contributed by atoms with van der Waals surface area (Å²) < 4.78 is 26.6. The van der Waals surface area contributed by atoms with E-state index < -0.39 is 11.6 Å². The van der Waals surface area contributed by atoms with Crippen molar-refractivity contribution >= 4 is 0 Å². The molecule has 0 amide bonds. The van der Waals surface area contributed by atoms with Crippen LogP contribution >= 0.6 is 0 Å². The van der Waals surface area contributed by atoms with Gasteiger partial charge in [-0.05, 0) is 53.5 Å². The Balaban J connectivity index is 1.87. The smallest absolute Gasteiger partial charge is 0.126 e. The van der Waals surface area contributed by atoms with Crippen LogP contribution in [0.3, 0.4) is 0 Å². The summed E-state index contributed by atoms with van der Waals surface area (Å²) in [5.41, 5.74) is 2.82. The number of rotatable bonds is 3. The standard InChI is InChI=1S/C19H20F2/c1-2-13-4-3-5-19(13)15-8-6-14(7-9-15)16-10-17(20)12-18(21)11-16/h6-13,19H,2-5H2,1H3. The van der Waals surface area contributed by atoms with E-state index in [1.807, 2.05) is 12.1 Å². The van der Waals surface area contributed by atoms with Gasteiger partial charge in [0.2, 0.25) is 0 Å². The van der Waals surface area contributed by atoms with Crippen LogP contribution in [0.5, 0.6) is 0 Å². The molecule has 0 spiro atoms. The van der Waals surface area contributed by atoms with E-state index in [0.29, 0.717) is 11.5 Å². The van der Waals surface area contributed by atoms with Crippen LogP contribution in [-0.2, 0) is 0 Å². The Hall–Kier alpha value is -1.70. The van der Waals surface area contributed by atoms with Gasteiger partial charge in [-0.2, -0.15) is 0 Å². The highest BCUT2D eigenvalue weighted by atomic mass is 19.1. The Labute approximate surface area is 124 Å². The monoisotopic (exact) mass is 286 g/mol. The molecular weight excluding hydrogens is 266 g/mol. The van der Waals surface area contributed by atoms with E-state index in [0.717, 1.165) is 17.5 Å². The maximum absolute atomic E-state index is 13.3. The average Bonchev–Trinajstić information content (AvgIpc) is 2.95. The van der Waals surface area contributed by atoms with Gasteiger partial charge in [0.15, 0.2) is 0 Å². The van der Waals surface area contributed by atoms with Gasteiger partial charge in [-0.1, -0.05) is 44.0 Å². The molecule has 0 heterocycles. The number of benzene rings is 2. The van der Waals surface area contributed by atoms with Gasteiger partial charge >= 0.3 is 0 Å². The molecule has 2 aromatic rings. The minimum atomic E-state index is -0.532. The largest absolute Gasteiger partial charge is 0.207 e. The molecule has 21 heavy (non-hydrogen) atoms. The molecule has 3 rings (SSSR count). The third-order valence-electron chi connectivity index (χ3n) is 4.72. The summed E-state index contributed by atoms with van der Waals surface area (Å²) in [5, 5.41) is 0. The second-order valence-electron chi connectivity index (χ2n) is 5.99. The molecule has 0 radical (unpaired) electrons. The molecule has 2 heteroatoms.